The number of aryl methyl sites for hydroxylation is 1. The Hall–Kier alpha value is -1.86. The van der Waals surface area contributed by atoms with Crippen LogP contribution in [0.1, 0.15) is 18.1 Å². The predicted octanol–water partition coefficient (Wildman–Crippen LogP) is 1.49. The van der Waals surface area contributed by atoms with Crippen LogP contribution in [-0.4, -0.2) is 25.7 Å². The van der Waals surface area contributed by atoms with Gasteiger partial charge in [0, 0.05) is 12.1 Å². The molecule has 1 heterocycles. The van der Waals surface area contributed by atoms with Crippen LogP contribution in [0.5, 0.6) is 0 Å². The zero-order chi connectivity index (χ0) is 14.6. The number of anilines is 1. The second-order valence-electron chi connectivity index (χ2n) is 4.37. The van der Waals surface area contributed by atoms with Crippen molar-refractivity contribution in [3.05, 3.63) is 41.6 Å². The van der Waals surface area contributed by atoms with Gasteiger partial charge in [-0.15, -0.1) is 0 Å². The summed E-state index contributed by atoms with van der Waals surface area (Å²) in [5.41, 5.74) is 2.15. The molecular weight excluding hydrogens is 276 g/mol. The molecule has 0 amide bonds. The third-order valence-electron chi connectivity index (χ3n) is 2.96. The number of nitrogens with zero attached hydrogens (tertiary/aromatic N) is 1. The van der Waals surface area contributed by atoms with Crippen molar-refractivity contribution in [2.45, 2.75) is 24.9 Å². The van der Waals surface area contributed by atoms with Crippen molar-refractivity contribution in [2.24, 2.45) is 0 Å². The van der Waals surface area contributed by atoms with E-state index in [-0.39, 0.29) is 5.03 Å². The molecule has 3 N–H and O–H groups in total. The predicted molar refractivity (Wildman–Crippen MR) is 78.0 cm³/mol. The van der Waals surface area contributed by atoms with E-state index in [0.717, 1.165) is 12.0 Å². The quantitative estimate of drug-likeness (QED) is 0.753. The van der Waals surface area contributed by atoms with Crippen LogP contribution in [-0.2, 0) is 23.0 Å². The fraction of sp³-hybridized carbons (Fsp3) is 0.308. The number of aromatic nitrogens is 2. The lowest BCUT2D eigenvalue weighted by Crippen LogP contribution is -2.17. The molecule has 1 aromatic heterocycles. The summed E-state index contributed by atoms with van der Waals surface area (Å²) < 4.78 is 27.4. The van der Waals surface area contributed by atoms with E-state index in [0.29, 0.717) is 17.8 Å². The molecule has 2 rings (SSSR count). The molecule has 0 aliphatic heterocycles. The van der Waals surface area contributed by atoms with E-state index < -0.39 is 10.0 Å². The fourth-order valence-electron chi connectivity index (χ4n) is 1.97. The standard InChI is InChI=1S/C13H18N4O2S/c1-3-10-6-4-5-7-12(10)17-20(18,19)13-11(8-14-2)9-15-16-13/h4-7,9,14,17H,3,8H2,1-2H3,(H,15,16). The van der Waals surface area contributed by atoms with E-state index >= 15 is 0 Å². The van der Waals surface area contributed by atoms with Crippen LogP contribution in [0.15, 0.2) is 35.5 Å². The summed E-state index contributed by atoms with van der Waals surface area (Å²) >= 11 is 0. The summed E-state index contributed by atoms with van der Waals surface area (Å²) in [7, 11) is -1.91. The second kappa shape index (κ2) is 6.06. The average Bonchev–Trinajstić information content (AvgIpc) is 2.88. The molecule has 0 saturated carbocycles. The number of hydrogen-bond acceptors (Lipinski definition) is 4. The first-order valence-electron chi connectivity index (χ1n) is 6.36. The molecular formula is C13H18N4O2S. The minimum atomic E-state index is -3.66. The topological polar surface area (TPSA) is 86.9 Å². The lowest BCUT2D eigenvalue weighted by Gasteiger charge is -2.11. The highest BCUT2D eigenvalue weighted by molar-refractivity contribution is 7.92. The Morgan fingerprint density at radius 2 is 2.00 bits per heavy atom. The van der Waals surface area contributed by atoms with Gasteiger partial charge in [-0.25, -0.2) is 0 Å². The van der Waals surface area contributed by atoms with Gasteiger partial charge < -0.3 is 5.32 Å². The lowest BCUT2D eigenvalue weighted by molar-refractivity contribution is 0.595. The second-order valence-corrected chi connectivity index (χ2v) is 5.99. The summed E-state index contributed by atoms with van der Waals surface area (Å²) in [6.07, 6.45) is 2.27. The Morgan fingerprint density at radius 1 is 1.25 bits per heavy atom. The van der Waals surface area contributed by atoms with E-state index in [4.69, 9.17) is 0 Å². The van der Waals surface area contributed by atoms with Gasteiger partial charge in [0.05, 0.1) is 11.9 Å². The smallest absolute Gasteiger partial charge is 0.279 e. The largest absolute Gasteiger partial charge is 0.316 e. The molecule has 2 aromatic rings. The molecule has 0 aliphatic rings. The molecule has 0 aliphatic carbocycles. The van der Waals surface area contributed by atoms with Crippen LogP contribution in [0.4, 0.5) is 5.69 Å². The van der Waals surface area contributed by atoms with E-state index in [9.17, 15) is 8.42 Å². The van der Waals surface area contributed by atoms with Crippen molar-refractivity contribution in [2.75, 3.05) is 11.8 Å². The highest BCUT2D eigenvalue weighted by atomic mass is 32.2. The van der Waals surface area contributed by atoms with Gasteiger partial charge in [-0.1, -0.05) is 25.1 Å². The molecule has 7 heteroatoms. The summed E-state index contributed by atoms with van der Waals surface area (Å²) in [6.45, 7) is 2.41. The van der Waals surface area contributed by atoms with Crippen LogP contribution in [0.25, 0.3) is 0 Å². The van der Waals surface area contributed by atoms with Gasteiger partial charge in [-0.05, 0) is 25.1 Å². The molecule has 1 aromatic carbocycles. The van der Waals surface area contributed by atoms with E-state index in [1.807, 2.05) is 19.1 Å². The van der Waals surface area contributed by atoms with Gasteiger partial charge in [0.15, 0.2) is 5.03 Å². The number of aromatic amines is 1. The van der Waals surface area contributed by atoms with Crippen LogP contribution >= 0.6 is 0 Å². The molecule has 20 heavy (non-hydrogen) atoms. The number of H-pyrrole nitrogens is 1. The Bertz CT molecular complexity index is 679. The van der Waals surface area contributed by atoms with Gasteiger partial charge in [0.25, 0.3) is 10.0 Å². The van der Waals surface area contributed by atoms with Crippen LogP contribution in [0.3, 0.4) is 0 Å². The van der Waals surface area contributed by atoms with Crippen molar-refractivity contribution < 1.29 is 8.42 Å². The molecule has 0 bridgehead atoms. The van der Waals surface area contributed by atoms with Gasteiger partial charge in [-0.3, -0.25) is 9.82 Å². The monoisotopic (exact) mass is 294 g/mol. The van der Waals surface area contributed by atoms with Gasteiger partial charge in [-0.2, -0.15) is 13.5 Å². The number of sulfonamides is 1. The Kier molecular flexibility index (Phi) is 4.41. The lowest BCUT2D eigenvalue weighted by atomic mass is 10.1. The molecule has 0 atom stereocenters. The molecule has 0 saturated heterocycles. The van der Waals surface area contributed by atoms with Crippen LogP contribution < -0.4 is 10.0 Å². The van der Waals surface area contributed by atoms with Gasteiger partial charge in [0.2, 0.25) is 0 Å². The SMILES string of the molecule is CCc1ccccc1NS(=O)(=O)c1[nH]ncc1CNC. The highest BCUT2D eigenvalue weighted by Crippen LogP contribution is 2.21. The maximum absolute atomic E-state index is 12.4. The van der Waals surface area contributed by atoms with E-state index in [2.05, 4.69) is 20.2 Å². The number of hydrogen-bond donors (Lipinski definition) is 3. The van der Waals surface area contributed by atoms with E-state index in [1.165, 1.54) is 6.20 Å². The third-order valence-corrected chi connectivity index (χ3v) is 4.34. The van der Waals surface area contributed by atoms with Gasteiger partial charge >= 0.3 is 0 Å². The van der Waals surface area contributed by atoms with Crippen LogP contribution in [0, 0.1) is 0 Å². The van der Waals surface area contributed by atoms with Crippen LogP contribution in [0.2, 0.25) is 0 Å². The van der Waals surface area contributed by atoms with Crippen molar-refractivity contribution in [3.63, 3.8) is 0 Å². The fourth-order valence-corrected chi connectivity index (χ4v) is 3.21. The molecule has 0 radical (unpaired) electrons. The highest BCUT2D eigenvalue weighted by Gasteiger charge is 2.21. The Labute approximate surface area is 118 Å². The first-order valence-corrected chi connectivity index (χ1v) is 7.84. The third kappa shape index (κ3) is 3.00. The molecule has 108 valence electrons. The number of rotatable bonds is 6. The molecule has 0 fully saturated rings. The Balaban J connectivity index is 2.33. The van der Waals surface area contributed by atoms with Gasteiger partial charge in [0.1, 0.15) is 0 Å². The molecule has 6 nitrogen and oxygen atoms in total. The normalized spacial score (nSPS) is 11.5. The van der Waals surface area contributed by atoms with Crippen molar-refractivity contribution in [1.82, 2.24) is 15.5 Å². The van der Waals surface area contributed by atoms with Crippen molar-refractivity contribution >= 4 is 15.7 Å². The number of benzene rings is 1. The first-order chi connectivity index (χ1) is 9.58. The summed E-state index contributed by atoms with van der Waals surface area (Å²) in [5.74, 6) is 0. The average molecular weight is 294 g/mol. The minimum absolute atomic E-state index is 0.0951. The number of nitrogens with one attached hydrogen (secondary N) is 3. The summed E-state index contributed by atoms with van der Waals surface area (Å²) in [6, 6.07) is 7.35. The Morgan fingerprint density at radius 3 is 2.70 bits per heavy atom. The number of para-hydroxylation sites is 1. The van der Waals surface area contributed by atoms with E-state index in [1.54, 1.807) is 19.2 Å². The summed E-state index contributed by atoms with van der Waals surface area (Å²) in [5, 5.41) is 9.37. The van der Waals surface area contributed by atoms with Crippen molar-refractivity contribution in [3.8, 4) is 0 Å². The minimum Gasteiger partial charge on any atom is -0.316 e. The first kappa shape index (κ1) is 14.5. The maximum atomic E-state index is 12.4. The zero-order valence-electron chi connectivity index (χ0n) is 11.5. The maximum Gasteiger partial charge on any atom is 0.279 e. The van der Waals surface area contributed by atoms with Crippen molar-refractivity contribution in [1.29, 1.82) is 0 Å². The molecule has 0 spiro atoms. The summed E-state index contributed by atoms with van der Waals surface area (Å²) in [4.78, 5) is 0. The zero-order valence-corrected chi connectivity index (χ0v) is 12.3. The molecule has 0 unspecified atom stereocenters.